The van der Waals surface area contributed by atoms with Crippen LogP contribution in [0, 0.1) is 6.92 Å². The van der Waals surface area contributed by atoms with Crippen molar-refractivity contribution in [2.45, 2.75) is 19.4 Å². The predicted molar refractivity (Wildman–Crippen MR) is 81.5 cm³/mol. The van der Waals surface area contributed by atoms with Crippen LogP contribution in [0.3, 0.4) is 0 Å². The maximum absolute atomic E-state index is 6.33. The zero-order valence-corrected chi connectivity index (χ0v) is 13.4. The lowest BCUT2D eigenvalue weighted by atomic mass is 10.1. The third-order valence-corrected chi connectivity index (χ3v) is 5.05. The molecule has 1 unspecified atom stereocenters. The molecule has 1 N–H and O–H groups in total. The minimum atomic E-state index is 0.229. The summed E-state index contributed by atoms with van der Waals surface area (Å²) in [7, 11) is 1.96. The Morgan fingerprint density at radius 2 is 2.28 bits per heavy atom. The van der Waals surface area contributed by atoms with Crippen LogP contribution in [0.15, 0.2) is 28.3 Å². The first-order chi connectivity index (χ1) is 8.61. The van der Waals surface area contributed by atoms with Gasteiger partial charge in [0, 0.05) is 27.8 Å². The highest BCUT2D eigenvalue weighted by atomic mass is 79.9. The third kappa shape index (κ3) is 3.12. The topological polar surface area (TPSA) is 24.9 Å². The lowest BCUT2D eigenvalue weighted by Crippen LogP contribution is -2.18. The van der Waals surface area contributed by atoms with E-state index in [9.17, 15) is 0 Å². The van der Waals surface area contributed by atoms with Crippen molar-refractivity contribution < 1.29 is 0 Å². The van der Waals surface area contributed by atoms with Gasteiger partial charge in [-0.05, 0) is 58.9 Å². The Bertz CT molecular complexity index is 542. The number of pyridine rings is 1. The maximum atomic E-state index is 6.33. The molecule has 2 aromatic rings. The fourth-order valence-electron chi connectivity index (χ4n) is 1.81. The van der Waals surface area contributed by atoms with Gasteiger partial charge in [0.05, 0.1) is 5.02 Å². The fraction of sp³-hybridized carbons (Fsp3) is 0.308. The minimum Gasteiger partial charge on any atom is -0.312 e. The SMILES string of the molecule is CNC(Cc1cncc(Br)c1)c1scc(C)c1Cl. The summed E-state index contributed by atoms with van der Waals surface area (Å²) in [5, 5.41) is 6.30. The molecule has 0 aliphatic carbocycles. The van der Waals surface area contributed by atoms with E-state index in [4.69, 9.17) is 11.6 Å². The minimum absolute atomic E-state index is 0.229. The number of hydrogen-bond acceptors (Lipinski definition) is 3. The smallest absolute Gasteiger partial charge is 0.0590 e. The Balaban J connectivity index is 2.22. The van der Waals surface area contributed by atoms with E-state index < -0.39 is 0 Å². The van der Waals surface area contributed by atoms with Crippen molar-refractivity contribution in [1.29, 1.82) is 0 Å². The summed E-state index contributed by atoms with van der Waals surface area (Å²) in [4.78, 5) is 5.38. The average Bonchev–Trinajstić information content (AvgIpc) is 2.67. The first kappa shape index (κ1) is 14.0. The van der Waals surface area contributed by atoms with Gasteiger partial charge in [0.1, 0.15) is 0 Å². The molecule has 0 radical (unpaired) electrons. The number of likely N-dealkylation sites (N-methyl/N-ethyl adjacent to an activating group) is 1. The monoisotopic (exact) mass is 344 g/mol. The first-order valence-corrected chi connectivity index (χ1v) is 7.67. The lowest BCUT2D eigenvalue weighted by molar-refractivity contribution is 0.601. The highest BCUT2D eigenvalue weighted by Crippen LogP contribution is 2.33. The van der Waals surface area contributed by atoms with Crippen molar-refractivity contribution in [2.75, 3.05) is 7.05 Å². The Morgan fingerprint density at radius 3 is 2.83 bits per heavy atom. The summed E-state index contributed by atoms with van der Waals surface area (Å²) < 4.78 is 1.00. The van der Waals surface area contributed by atoms with E-state index in [2.05, 4.69) is 37.7 Å². The quantitative estimate of drug-likeness (QED) is 0.890. The molecular weight excluding hydrogens is 332 g/mol. The van der Waals surface area contributed by atoms with Crippen molar-refractivity contribution in [3.05, 3.63) is 49.3 Å². The molecule has 0 spiro atoms. The number of aromatic nitrogens is 1. The second kappa shape index (κ2) is 6.15. The van der Waals surface area contributed by atoms with E-state index in [0.717, 1.165) is 21.5 Å². The van der Waals surface area contributed by atoms with Gasteiger partial charge in [-0.2, -0.15) is 0 Å². The molecule has 0 aliphatic rings. The first-order valence-electron chi connectivity index (χ1n) is 5.62. The largest absolute Gasteiger partial charge is 0.312 e. The summed E-state index contributed by atoms with van der Waals surface area (Å²) in [5.41, 5.74) is 2.33. The molecule has 2 aromatic heterocycles. The van der Waals surface area contributed by atoms with Crippen LogP contribution < -0.4 is 5.32 Å². The summed E-state index contributed by atoms with van der Waals surface area (Å²) in [6, 6.07) is 2.32. The van der Waals surface area contributed by atoms with Crippen molar-refractivity contribution in [2.24, 2.45) is 0 Å². The molecule has 0 saturated carbocycles. The summed E-state index contributed by atoms with van der Waals surface area (Å²) in [6.07, 6.45) is 4.56. The van der Waals surface area contributed by atoms with E-state index in [-0.39, 0.29) is 6.04 Å². The number of rotatable bonds is 4. The van der Waals surface area contributed by atoms with Gasteiger partial charge >= 0.3 is 0 Å². The second-order valence-electron chi connectivity index (χ2n) is 4.15. The molecule has 2 nitrogen and oxygen atoms in total. The Kier molecular flexibility index (Phi) is 4.78. The highest BCUT2D eigenvalue weighted by Gasteiger charge is 2.17. The van der Waals surface area contributed by atoms with Gasteiger partial charge in [0.25, 0.3) is 0 Å². The van der Waals surface area contributed by atoms with Crippen LogP contribution in [-0.2, 0) is 6.42 Å². The zero-order chi connectivity index (χ0) is 13.1. The van der Waals surface area contributed by atoms with E-state index >= 15 is 0 Å². The van der Waals surface area contributed by atoms with Gasteiger partial charge in [-0.3, -0.25) is 4.98 Å². The molecule has 0 aromatic carbocycles. The predicted octanol–water partition coefficient (Wildman–Crippen LogP) is 4.37. The van der Waals surface area contributed by atoms with Crippen LogP contribution in [0.2, 0.25) is 5.02 Å². The fourth-order valence-corrected chi connectivity index (χ4v) is 3.66. The maximum Gasteiger partial charge on any atom is 0.0590 e. The molecule has 0 aliphatic heterocycles. The standard InChI is InChI=1S/C13H14BrClN2S/c1-8-7-18-13(12(8)15)11(16-2)4-9-3-10(14)6-17-5-9/h3,5-7,11,16H,4H2,1-2H3. The number of aryl methyl sites for hydroxylation is 1. The molecule has 0 amide bonds. The summed E-state index contributed by atoms with van der Waals surface area (Å²) >= 11 is 11.5. The lowest BCUT2D eigenvalue weighted by Gasteiger charge is -2.15. The van der Waals surface area contributed by atoms with Gasteiger partial charge in [-0.15, -0.1) is 11.3 Å². The zero-order valence-electron chi connectivity index (χ0n) is 10.2. The summed E-state index contributed by atoms with van der Waals surface area (Å²) in [6.45, 7) is 2.04. The van der Waals surface area contributed by atoms with E-state index in [1.54, 1.807) is 17.5 Å². The van der Waals surface area contributed by atoms with Gasteiger partial charge in [-0.1, -0.05) is 11.6 Å². The van der Waals surface area contributed by atoms with E-state index in [1.807, 2.05) is 20.2 Å². The normalized spacial score (nSPS) is 12.7. The number of halogens is 2. The number of hydrogen-bond donors (Lipinski definition) is 1. The second-order valence-corrected chi connectivity index (χ2v) is 6.36. The molecule has 2 heterocycles. The summed E-state index contributed by atoms with van der Waals surface area (Å²) in [5.74, 6) is 0. The van der Waals surface area contributed by atoms with Crippen molar-refractivity contribution in [3.8, 4) is 0 Å². The third-order valence-electron chi connectivity index (χ3n) is 2.79. The molecule has 0 saturated heterocycles. The van der Waals surface area contributed by atoms with Crippen molar-refractivity contribution >= 4 is 38.9 Å². The van der Waals surface area contributed by atoms with Crippen molar-refractivity contribution in [1.82, 2.24) is 10.3 Å². The molecule has 1 atom stereocenters. The highest BCUT2D eigenvalue weighted by molar-refractivity contribution is 9.10. The van der Waals surface area contributed by atoms with Crippen LogP contribution in [-0.4, -0.2) is 12.0 Å². The van der Waals surface area contributed by atoms with Crippen molar-refractivity contribution in [3.63, 3.8) is 0 Å². The van der Waals surface area contributed by atoms with Gasteiger partial charge in [-0.25, -0.2) is 0 Å². The molecule has 5 heteroatoms. The van der Waals surface area contributed by atoms with Gasteiger partial charge in [0.2, 0.25) is 0 Å². The Hall–Kier alpha value is -0.420. The number of nitrogens with zero attached hydrogens (tertiary/aromatic N) is 1. The molecule has 0 fully saturated rings. The van der Waals surface area contributed by atoms with Gasteiger partial charge in [0.15, 0.2) is 0 Å². The average molecular weight is 346 g/mol. The Labute approximate surface area is 125 Å². The van der Waals surface area contributed by atoms with Crippen LogP contribution in [0.4, 0.5) is 0 Å². The number of thiophene rings is 1. The molecule has 96 valence electrons. The van der Waals surface area contributed by atoms with Gasteiger partial charge < -0.3 is 5.32 Å². The van der Waals surface area contributed by atoms with E-state index in [1.165, 1.54) is 10.4 Å². The Morgan fingerprint density at radius 1 is 1.50 bits per heavy atom. The molecule has 18 heavy (non-hydrogen) atoms. The number of nitrogens with one attached hydrogen (secondary N) is 1. The van der Waals surface area contributed by atoms with E-state index in [0.29, 0.717) is 0 Å². The molecular formula is C13H14BrClN2S. The molecule has 2 rings (SSSR count). The molecule has 0 bridgehead atoms. The van der Waals surface area contributed by atoms with Crippen LogP contribution in [0.5, 0.6) is 0 Å². The van der Waals surface area contributed by atoms with Crippen LogP contribution in [0.1, 0.15) is 22.0 Å². The van der Waals surface area contributed by atoms with Crippen LogP contribution in [0.25, 0.3) is 0 Å². The van der Waals surface area contributed by atoms with Crippen LogP contribution >= 0.6 is 38.9 Å².